The minimum absolute atomic E-state index is 0.0957. The van der Waals surface area contributed by atoms with Gasteiger partial charge in [-0.25, -0.2) is 8.42 Å². The molecule has 8 heteroatoms. The normalized spacial score (nSPS) is 15.8. The van der Waals surface area contributed by atoms with Crippen LogP contribution in [0.1, 0.15) is 36.5 Å². The van der Waals surface area contributed by atoms with E-state index < -0.39 is 10.0 Å². The van der Waals surface area contributed by atoms with Gasteiger partial charge in [0.15, 0.2) is 0 Å². The number of amides is 1. The molecule has 0 bridgehead atoms. The zero-order valence-electron chi connectivity index (χ0n) is 18.1. The number of hydrogen-bond donors (Lipinski definition) is 2. The Labute approximate surface area is 184 Å². The van der Waals surface area contributed by atoms with Crippen molar-refractivity contribution in [1.29, 1.82) is 0 Å². The fourth-order valence-electron chi connectivity index (χ4n) is 3.67. The summed E-state index contributed by atoms with van der Waals surface area (Å²) in [5, 5.41) is 2.95. The summed E-state index contributed by atoms with van der Waals surface area (Å²) in [6.45, 7) is 5.98. The van der Waals surface area contributed by atoms with Crippen molar-refractivity contribution < 1.29 is 17.9 Å². The van der Waals surface area contributed by atoms with Crippen LogP contribution >= 0.6 is 0 Å². The van der Waals surface area contributed by atoms with Gasteiger partial charge >= 0.3 is 0 Å². The van der Waals surface area contributed by atoms with Crippen LogP contribution in [0, 0.1) is 5.92 Å². The highest BCUT2D eigenvalue weighted by molar-refractivity contribution is 7.92. The van der Waals surface area contributed by atoms with Crippen LogP contribution in [0.5, 0.6) is 5.75 Å². The molecule has 1 saturated heterocycles. The summed E-state index contributed by atoms with van der Waals surface area (Å²) in [5.74, 6) is 0.802. The zero-order valence-corrected chi connectivity index (χ0v) is 19.0. The topological polar surface area (TPSA) is 87.7 Å². The molecule has 3 rings (SSSR count). The number of rotatable bonds is 9. The average molecular weight is 446 g/mol. The maximum absolute atomic E-state index is 12.6. The van der Waals surface area contributed by atoms with E-state index in [9.17, 15) is 13.2 Å². The van der Waals surface area contributed by atoms with Crippen LogP contribution in [0.3, 0.4) is 0 Å². The number of piperidine rings is 1. The lowest BCUT2D eigenvalue weighted by atomic mass is 10.1. The van der Waals surface area contributed by atoms with Gasteiger partial charge in [0.05, 0.1) is 12.0 Å². The molecule has 1 unspecified atom stereocenters. The quantitative estimate of drug-likeness (QED) is 0.618. The molecule has 1 amide bonds. The predicted molar refractivity (Wildman–Crippen MR) is 122 cm³/mol. The van der Waals surface area contributed by atoms with Gasteiger partial charge in [0.25, 0.3) is 15.9 Å². The number of ether oxygens (including phenoxy) is 1. The Morgan fingerprint density at radius 2 is 1.68 bits per heavy atom. The SMILES string of the molecule is COc1ccc(NS(=O)(=O)c2ccc(C(=O)NCC(C)CN3CCCCC3)cc2)cc1. The molecule has 0 saturated carbocycles. The number of methoxy groups -OCH3 is 1. The van der Waals surface area contributed by atoms with Crippen molar-refractivity contribution in [3.8, 4) is 5.75 Å². The third kappa shape index (κ3) is 6.70. The number of nitrogens with zero attached hydrogens (tertiary/aromatic N) is 1. The van der Waals surface area contributed by atoms with Crippen LogP contribution in [0.15, 0.2) is 53.4 Å². The summed E-state index contributed by atoms with van der Waals surface area (Å²) in [4.78, 5) is 15.0. The monoisotopic (exact) mass is 445 g/mol. The standard InChI is InChI=1S/C23H31N3O4S/c1-18(17-26-14-4-3-5-15-26)16-24-23(27)19-6-12-22(13-7-19)31(28,29)25-20-8-10-21(30-2)11-9-20/h6-13,18,25H,3-5,14-17H2,1-2H3,(H,24,27). The fourth-order valence-corrected chi connectivity index (χ4v) is 4.73. The Kier molecular flexibility index (Phi) is 7.92. The Bertz CT molecular complexity index is 953. The highest BCUT2D eigenvalue weighted by Crippen LogP contribution is 2.19. The van der Waals surface area contributed by atoms with E-state index >= 15 is 0 Å². The summed E-state index contributed by atoms with van der Waals surface area (Å²) in [6.07, 6.45) is 3.81. The first-order chi connectivity index (χ1) is 14.9. The molecule has 0 aliphatic carbocycles. The van der Waals surface area contributed by atoms with Gasteiger partial charge in [0, 0.05) is 24.3 Å². The number of sulfonamides is 1. The van der Waals surface area contributed by atoms with Crippen LogP contribution in [0.25, 0.3) is 0 Å². The van der Waals surface area contributed by atoms with Gasteiger partial charge in [0.2, 0.25) is 0 Å². The second kappa shape index (κ2) is 10.6. The molecular weight excluding hydrogens is 414 g/mol. The Morgan fingerprint density at radius 3 is 2.29 bits per heavy atom. The summed E-state index contributed by atoms with van der Waals surface area (Å²) in [5.41, 5.74) is 0.874. The molecule has 1 fully saturated rings. The van der Waals surface area contributed by atoms with Gasteiger partial charge < -0.3 is 15.0 Å². The van der Waals surface area contributed by atoms with E-state index in [2.05, 4.69) is 21.9 Å². The zero-order chi connectivity index (χ0) is 22.3. The molecule has 1 atom stereocenters. The smallest absolute Gasteiger partial charge is 0.261 e. The number of carbonyl (C=O) groups is 1. The number of hydrogen-bond acceptors (Lipinski definition) is 5. The third-order valence-electron chi connectivity index (χ3n) is 5.40. The molecule has 1 aliphatic heterocycles. The fraction of sp³-hybridized carbons (Fsp3) is 0.435. The highest BCUT2D eigenvalue weighted by Gasteiger charge is 2.17. The molecule has 2 aromatic rings. The van der Waals surface area contributed by atoms with Gasteiger partial charge in [-0.3, -0.25) is 9.52 Å². The van der Waals surface area contributed by atoms with Crippen LogP contribution < -0.4 is 14.8 Å². The first kappa shape index (κ1) is 23.1. The summed E-state index contributed by atoms with van der Waals surface area (Å²) < 4.78 is 32.8. The third-order valence-corrected chi connectivity index (χ3v) is 6.80. The Morgan fingerprint density at radius 1 is 1.03 bits per heavy atom. The van der Waals surface area contributed by atoms with E-state index in [0.717, 1.165) is 19.6 Å². The average Bonchev–Trinajstić information content (AvgIpc) is 2.78. The number of carbonyl (C=O) groups excluding carboxylic acids is 1. The van der Waals surface area contributed by atoms with E-state index in [-0.39, 0.29) is 10.8 Å². The molecule has 0 spiro atoms. The van der Waals surface area contributed by atoms with E-state index in [4.69, 9.17) is 4.74 Å². The van der Waals surface area contributed by atoms with Crippen LogP contribution in [-0.2, 0) is 10.0 Å². The van der Waals surface area contributed by atoms with Gasteiger partial charge in [-0.15, -0.1) is 0 Å². The van der Waals surface area contributed by atoms with Crippen molar-refractivity contribution in [1.82, 2.24) is 10.2 Å². The van der Waals surface area contributed by atoms with E-state index in [1.54, 1.807) is 31.4 Å². The number of anilines is 1. The van der Waals surface area contributed by atoms with Crippen LogP contribution in [-0.4, -0.2) is 52.5 Å². The largest absolute Gasteiger partial charge is 0.497 e. The van der Waals surface area contributed by atoms with Gasteiger partial charge in [0.1, 0.15) is 5.75 Å². The minimum atomic E-state index is -3.75. The molecule has 0 aromatic heterocycles. The molecular formula is C23H31N3O4S. The molecule has 1 aliphatic rings. The number of likely N-dealkylation sites (tertiary alicyclic amines) is 1. The van der Waals surface area contributed by atoms with Crippen LogP contribution in [0.2, 0.25) is 0 Å². The molecule has 2 aromatic carbocycles. The minimum Gasteiger partial charge on any atom is -0.497 e. The van der Waals surface area contributed by atoms with Crippen molar-refractivity contribution in [2.24, 2.45) is 5.92 Å². The van der Waals surface area contributed by atoms with Crippen molar-refractivity contribution >= 4 is 21.6 Å². The summed E-state index contributed by atoms with van der Waals surface area (Å²) in [6, 6.07) is 12.6. The lowest BCUT2D eigenvalue weighted by Crippen LogP contribution is -2.38. The van der Waals surface area contributed by atoms with E-state index in [1.165, 1.54) is 43.5 Å². The number of benzene rings is 2. The Hall–Kier alpha value is -2.58. The molecule has 31 heavy (non-hydrogen) atoms. The van der Waals surface area contributed by atoms with Gasteiger partial charge in [-0.2, -0.15) is 0 Å². The van der Waals surface area contributed by atoms with Crippen molar-refractivity contribution in [2.45, 2.75) is 31.1 Å². The Balaban J connectivity index is 1.53. The maximum atomic E-state index is 12.6. The maximum Gasteiger partial charge on any atom is 0.261 e. The molecule has 168 valence electrons. The second-order valence-corrected chi connectivity index (χ2v) is 9.72. The van der Waals surface area contributed by atoms with E-state index in [1.807, 2.05) is 0 Å². The van der Waals surface area contributed by atoms with Crippen molar-refractivity contribution in [3.05, 3.63) is 54.1 Å². The first-order valence-electron chi connectivity index (χ1n) is 10.6. The summed E-state index contributed by atoms with van der Waals surface area (Å²) >= 11 is 0. The summed E-state index contributed by atoms with van der Waals surface area (Å²) in [7, 11) is -2.20. The predicted octanol–water partition coefficient (Wildman–Crippen LogP) is 3.35. The van der Waals surface area contributed by atoms with Crippen molar-refractivity contribution in [3.63, 3.8) is 0 Å². The molecule has 7 nitrogen and oxygen atoms in total. The van der Waals surface area contributed by atoms with E-state index in [0.29, 0.717) is 29.5 Å². The lowest BCUT2D eigenvalue weighted by molar-refractivity contribution is 0.0942. The van der Waals surface area contributed by atoms with Gasteiger partial charge in [-0.05, 0) is 80.4 Å². The molecule has 2 N–H and O–H groups in total. The molecule has 0 radical (unpaired) electrons. The van der Waals surface area contributed by atoms with Gasteiger partial charge in [-0.1, -0.05) is 13.3 Å². The number of nitrogens with one attached hydrogen (secondary N) is 2. The van der Waals surface area contributed by atoms with Crippen LogP contribution in [0.4, 0.5) is 5.69 Å². The lowest BCUT2D eigenvalue weighted by Gasteiger charge is -2.29. The highest BCUT2D eigenvalue weighted by atomic mass is 32.2. The van der Waals surface area contributed by atoms with Crippen molar-refractivity contribution in [2.75, 3.05) is 38.0 Å². The first-order valence-corrected chi connectivity index (χ1v) is 12.1. The second-order valence-electron chi connectivity index (χ2n) is 8.03. The molecule has 1 heterocycles.